The molecule has 2 aromatic carbocycles. The van der Waals surface area contributed by atoms with Crippen LogP contribution in [0.4, 0.5) is 13.2 Å². The summed E-state index contributed by atoms with van der Waals surface area (Å²) in [6, 6.07) is 11.6. The molecular formula is C22H17ClF3N2O4S-. The van der Waals surface area contributed by atoms with Crippen LogP contribution in [0.15, 0.2) is 59.4 Å². The van der Waals surface area contributed by atoms with Crippen LogP contribution < -0.4 is 10.9 Å². The number of pyridine rings is 1. The number of amides is 1. The minimum Gasteiger partial charge on any atom is -0.772 e. The van der Waals surface area contributed by atoms with Gasteiger partial charge in [0, 0.05) is 28.7 Å². The minimum absolute atomic E-state index is 0.00380. The summed E-state index contributed by atoms with van der Waals surface area (Å²) in [5.74, 6) is -0.967. The highest BCUT2D eigenvalue weighted by Gasteiger charge is 2.30. The number of nitrogens with one attached hydrogen (secondary N) is 1. The van der Waals surface area contributed by atoms with Crippen molar-refractivity contribution in [2.75, 3.05) is 0 Å². The van der Waals surface area contributed by atoms with Crippen molar-refractivity contribution in [3.63, 3.8) is 0 Å². The summed E-state index contributed by atoms with van der Waals surface area (Å²) in [5, 5.41) is 2.78. The van der Waals surface area contributed by atoms with Gasteiger partial charge in [0.2, 0.25) is 0 Å². The fourth-order valence-corrected chi connectivity index (χ4v) is 4.02. The topological polar surface area (TPSA) is 91.2 Å². The molecule has 0 fully saturated rings. The number of hydrogen-bond donors (Lipinski definition) is 1. The molecule has 3 aromatic rings. The molecule has 0 aliphatic rings. The molecule has 0 aliphatic heterocycles. The number of aromatic nitrogens is 1. The van der Waals surface area contributed by atoms with Gasteiger partial charge < -0.3 is 9.87 Å². The summed E-state index contributed by atoms with van der Waals surface area (Å²) in [6.45, 7) is 1.54. The van der Waals surface area contributed by atoms with E-state index in [0.29, 0.717) is 16.8 Å². The van der Waals surface area contributed by atoms with Gasteiger partial charge >= 0.3 is 6.18 Å². The molecule has 6 nitrogen and oxygen atoms in total. The van der Waals surface area contributed by atoms with E-state index in [2.05, 4.69) is 5.32 Å². The molecular weight excluding hydrogens is 481 g/mol. The molecule has 33 heavy (non-hydrogen) atoms. The maximum Gasteiger partial charge on any atom is 0.416 e. The number of halogens is 4. The van der Waals surface area contributed by atoms with Crippen molar-refractivity contribution in [1.82, 2.24) is 9.88 Å². The van der Waals surface area contributed by atoms with Crippen molar-refractivity contribution in [1.29, 1.82) is 0 Å². The summed E-state index contributed by atoms with van der Waals surface area (Å²) >= 11 is 3.76. The number of aryl methyl sites for hydroxylation is 1. The average Bonchev–Trinajstić information content (AvgIpc) is 2.73. The van der Waals surface area contributed by atoms with E-state index < -0.39 is 34.3 Å². The van der Waals surface area contributed by atoms with Crippen LogP contribution in [0, 0.1) is 6.92 Å². The highest BCUT2D eigenvalue weighted by Crippen LogP contribution is 2.30. The Morgan fingerprint density at radius 1 is 1.15 bits per heavy atom. The summed E-state index contributed by atoms with van der Waals surface area (Å²) in [5.41, 5.74) is -0.612. The first kappa shape index (κ1) is 24.7. The quantitative estimate of drug-likeness (QED) is 0.518. The third-order valence-corrected chi connectivity index (χ3v) is 5.70. The van der Waals surface area contributed by atoms with Gasteiger partial charge in [-0.25, -0.2) is 0 Å². The first-order valence-electron chi connectivity index (χ1n) is 9.49. The number of benzene rings is 2. The molecule has 1 aromatic heterocycles. The van der Waals surface area contributed by atoms with Gasteiger partial charge in [-0.1, -0.05) is 40.9 Å². The Morgan fingerprint density at radius 2 is 1.88 bits per heavy atom. The van der Waals surface area contributed by atoms with Crippen molar-refractivity contribution in [3.05, 3.63) is 97.9 Å². The van der Waals surface area contributed by atoms with Crippen LogP contribution in [-0.4, -0.2) is 19.2 Å². The van der Waals surface area contributed by atoms with Gasteiger partial charge in [-0.05, 0) is 54.4 Å². The zero-order valence-corrected chi connectivity index (χ0v) is 18.7. The Labute approximate surface area is 194 Å². The van der Waals surface area contributed by atoms with E-state index in [4.69, 9.17) is 11.6 Å². The van der Waals surface area contributed by atoms with E-state index in [1.54, 1.807) is 13.0 Å². The number of carbonyl (C=O) groups excluding carboxylic acids is 1. The second-order valence-electron chi connectivity index (χ2n) is 7.13. The second-order valence-corrected chi connectivity index (χ2v) is 8.44. The molecule has 0 spiro atoms. The lowest BCUT2D eigenvalue weighted by molar-refractivity contribution is -0.137. The van der Waals surface area contributed by atoms with Crippen LogP contribution in [-0.2, 0) is 29.6 Å². The normalized spacial score (nSPS) is 12.4. The van der Waals surface area contributed by atoms with E-state index in [1.165, 1.54) is 36.4 Å². The van der Waals surface area contributed by atoms with Gasteiger partial charge in [-0.3, -0.25) is 18.4 Å². The molecule has 0 saturated heterocycles. The largest absolute Gasteiger partial charge is 0.772 e. The number of rotatable bonds is 6. The Morgan fingerprint density at radius 3 is 2.52 bits per heavy atom. The third-order valence-electron chi connectivity index (χ3n) is 4.80. The van der Waals surface area contributed by atoms with Gasteiger partial charge in [0.1, 0.15) is 5.56 Å². The lowest BCUT2D eigenvalue weighted by Crippen LogP contribution is -2.33. The van der Waals surface area contributed by atoms with Crippen LogP contribution in [0.5, 0.6) is 0 Å². The van der Waals surface area contributed by atoms with E-state index in [-0.39, 0.29) is 28.6 Å². The number of nitrogens with zero attached hydrogens (tertiary/aromatic N) is 1. The van der Waals surface area contributed by atoms with Crippen molar-refractivity contribution < 1.29 is 26.7 Å². The Kier molecular flexibility index (Phi) is 7.41. The Balaban J connectivity index is 1.85. The molecule has 174 valence electrons. The fraction of sp³-hybridized carbons (Fsp3) is 0.182. The third kappa shape index (κ3) is 5.89. The van der Waals surface area contributed by atoms with Gasteiger partial charge in [-0.15, -0.1) is 0 Å². The zero-order chi connectivity index (χ0) is 24.3. The SMILES string of the molecule is Cc1ccc(C(=O)NCc2ccc(CS(=O)[O-])c(Cl)c2)c(=O)n1-c1cccc(C(F)(F)F)c1. The molecule has 0 radical (unpaired) electrons. The van der Waals surface area contributed by atoms with Crippen LogP contribution in [0.3, 0.4) is 0 Å². The number of carbonyl (C=O) groups is 1. The monoisotopic (exact) mass is 497 g/mol. The van der Waals surface area contributed by atoms with E-state index in [0.717, 1.165) is 16.7 Å². The lowest BCUT2D eigenvalue weighted by atomic mass is 10.1. The predicted octanol–water partition coefficient (Wildman–Crippen LogP) is 4.13. The van der Waals surface area contributed by atoms with Crippen molar-refractivity contribution in [2.45, 2.75) is 25.4 Å². The summed E-state index contributed by atoms with van der Waals surface area (Å²) in [4.78, 5) is 25.6. The predicted molar refractivity (Wildman–Crippen MR) is 117 cm³/mol. The standard InChI is InChI=1S/C22H18ClF3N2O4S/c1-13-5-8-18(21(30)28(13)17-4-2-3-16(10-17)22(24,25)26)20(29)27-11-14-6-7-15(12-33(31)32)19(23)9-14/h2-10H,11-12H2,1H3,(H,27,29)(H,31,32)/p-1. The lowest BCUT2D eigenvalue weighted by Gasteiger charge is -2.14. The van der Waals surface area contributed by atoms with Gasteiger partial charge in [-0.2, -0.15) is 13.2 Å². The molecule has 1 N–H and O–H groups in total. The van der Waals surface area contributed by atoms with E-state index >= 15 is 0 Å². The first-order valence-corrected chi connectivity index (χ1v) is 11.1. The molecule has 3 rings (SSSR count). The number of hydrogen-bond acceptors (Lipinski definition) is 4. The number of alkyl halides is 3. The minimum atomic E-state index is -4.58. The summed E-state index contributed by atoms with van der Waals surface area (Å²) in [6.07, 6.45) is -4.58. The Bertz CT molecular complexity index is 1290. The van der Waals surface area contributed by atoms with Crippen LogP contribution >= 0.6 is 11.6 Å². The van der Waals surface area contributed by atoms with Crippen LogP contribution in [0.1, 0.15) is 32.7 Å². The maximum atomic E-state index is 13.1. The van der Waals surface area contributed by atoms with Crippen molar-refractivity contribution in [3.8, 4) is 5.69 Å². The molecule has 11 heteroatoms. The fourth-order valence-electron chi connectivity index (χ4n) is 3.17. The summed E-state index contributed by atoms with van der Waals surface area (Å²) < 4.78 is 61.9. The maximum absolute atomic E-state index is 13.1. The highest BCUT2D eigenvalue weighted by molar-refractivity contribution is 7.78. The zero-order valence-electron chi connectivity index (χ0n) is 17.1. The second kappa shape index (κ2) is 9.90. The van der Waals surface area contributed by atoms with Crippen LogP contribution in [0.25, 0.3) is 5.69 Å². The van der Waals surface area contributed by atoms with Gasteiger partial charge in [0.25, 0.3) is 11.5 Å². The van der Waals surface area contributed by atoms with Crippen LogP contribution in [0.2, 0.25) is 5.02 Å². The van der Waals surface area contributed by atoms with Crippen molar-refractivity contribution in [2.24, 2.45) is 0 Å². The molecule has 1 atom stereocenters. The van der Waals surface area contributed by atoms with Gasteiger partial charge in [0.15, 0.2) is 0 Å². The molecule has 1 unspecified atom stereocenters. The molecule has 1 heterocycles. The van der Waals surface area contributed by atoms with E-state index in [1.807, 2.05) is 0 Å². The van der Waals surface area contributed by atoms with Gasteiger partial charge in [0.05, 0.1) is 5.56 Å². The molecule has 0 bridgehead atoms. The smallest absolute Gasteiger partial charge is 0.416 e. The molecule has 0 saturated carbocycles. The Hall–Kier alpha value is -2.95. The summed E-state index contributed by atoms with van der Waals surface area (Å²) in [7, 11) is 0. The average molecular weight is 498 g/mol. The molecule has 1 amide bonds. The first-order chi connectivity index (χ1) is 15.5. The highest BCUT2D eigenvalue weighted by atomic mass is 35.5. The van der Waals surface area contributed by atoms with Crippen molar-refractivity contribution >= 4 is 28.6 Å². The molecule has 0 aliphatic carbocycles. The van der Waals surface area contributed by atoms with E-state index in [9.17, 15) is 31.5 Å².